The third kappa shape index (κ3) is 5.27. The maximum atomic E-state index is 12.4. The molecule has 8 heteroatoms. The molecular formula is C19H21N3O5. The average Bonchev–Trinajstić information content (AvgIpc) is 2.67. The van der Waals surface area contributed by atoms with Gasteiger partial charge in [0.15, 0.2) is 12.4 Å². The highest BCUT2D eigenvalue weighted by Gasteiger charge is 2.16. The second-order valence-electron chi connectivity index (χ2n) is 5.62. The van der Waals surface area contributed by atoms with Crippen molar-refractivity contribution in [2.45, 2.75) is 13.8 Å². The highest BCUT2D eigenvalue weighted by Crippen LogP contribution is 2.25. The van der Waals surface area contributed by atoms with E-state index in [1.807, 2.05) is 13.8 Å². The summed E-state index contributed by atoms with van der Waals surface area (Å²) in [7, 11) is 0. The van der Waals surface area contributed by atoms with Gasteiger partial charge in [-0.05, 0) is 38.1 Å². The van der Waals surface area contributed by atoms with E-state index < -0.39 is 10.8 Å². The number of amides is 2. The van der Waals surface area contributed by atoms with E-state index in [2.05, 4.69) is 5.32 Å². The third-order valence-electron chi connectivity index (χ3n) is 3.86. The first kappa shape index (κ1) is 19.9. The number of nitrogens with zero attached hydrogens (tertiary/aromatic N) is 2. The summed E-state index contributed by atoms with van der Waals surface area (Å²) in [4.78, 5) is 36.5. The Morgan fingerprint density at radius 1 is 1.11 bits per heavy atom. The van der Waals surface area contributed by atoms with Gasteiger partial charge in [-0.3, -0.25) is 19.7 Å². The lowest BCUT2D eigenvalue weighted by Gasteiger charge is -2.19. The van der Waals surface area contributed by atoms with Gasteiger partial charge in [-0.2, -0.15) is 0 Å². The molecule has 2 aromatic carbocycles. The van der Waals surface area contributed by atoms with Crippen LogP contribution in [0.3, 0.4) is 0 Å². The summed E-state index contributed by atoms with van der Waals surface area (Å²) in [6.45, 7) is 4.59. The van der Waals surface area contributed by atoms with Gasteiger partial charge in [-0.25, -0.2) is 0 Å². The predicted octanol–water partition coefficient (Wildman–Crippen LogP) is 3.09. The summed E-state index contributed by atoms with van der Waals surface area (Å²) in [6.07, 6.45) is 0. The van der Waals surface area contributed by atoms with E-state index in [0.717, 1.165) is 0 Å². The van der Waals surface area contributed by atoms with Gasteiger partial charge in [0, 0.05) is 30.4 Å². The molecule has 0 fully saturated rings. The highest BCUT2D eigenvalue weighted by atomic mass is 16.6. The summed E-state index contributed by atoms with van der Waals surface area (Å²) in [5.74, 6) is -0.587. The maximum Gasteiger partial charge on any atom is 0.310 e. The van der Waals surface area contributed by atoms with Gasteiger partial charge in [0.2, 0.25) is 0 Å². The molecule has 0 radical (unpaired) electrons. The molecule has 2 aromatic rings. The zero-order chi connectivity index (χ0) is 19.8. The molecule has 0 bridgehead atoms. The number of nitrogens with one attached hydrogen (secondary N) is 1. The molecule has 0 aliphatic rings. The zero-order valence-electron chi connectivity index (χ0n) is 15.2. The van der Waals surface area contributed by atoms with E-state index >= 15 is 0 Å². The van der Waals surface area contributed by atoms with Gasteiger partial charge in [0.1, 0.15) is 0 Å². The van der Waals surface area contributed by atoms with Gasteiger partial charge < -0.3 is 15.0 Å². The number of para-hydroxylation sites is 2. The number of carbonyl (C=O) groups excluding carboxylic acids is 2. The van der Waals surface area contributed by atoms with Crippen LogP contribution < -0.4 is 10.1 Å². The van der Waals surface area contributed by atoms with Crippen molar-refractivity contribution in [1.82, 2.24) is 4.90 Å². The van der Waals surface area contributed by atoms with Crippen molar-refractivity contribution in [3.63, 3.8) is 0 Å². The number of ether oxygens (including phenoxy) is 1. The first-order valence-corrected chi connectivity index (χ1v) is 8.51. The molecular weight excluding hydrogens is 350 g/mol. The van der Waals surface area contributed by atoms with Crippen LogP contribution in [0.1, 0.15) is 24.2 Å². The van der Waals surface area contributed by atoms with Gasteiger partial charge in [-0.15, -0.1) is 0 Å². The zero-order valence-corrected chi connectivity index (χ0v) is 15.2. The predicted molar refractivity (Wildman–Crippen MR) is 101 cm³/mol. The normalized spacial score (nSPS) is 10.1. The standard InChI is InChI=1S/C19H21N3O5/c1-3-21(4-2)19(24)14-8-7-9-15(12-14)20-18(23)13-27-17-11-6-5-10-16(17)22(25)26/h5-12H,3-4,13H2,1-2H3,(H,20,23). The Balaban J connectivity index is 2.01. The number of rotatable bonds is 8. The molecule has 0 aliphatic carbocycles. The van der Waals surface area contributed by atoms with Gasteiger partial charge in [0.25, 0.3) is 11.8 Å². The van der Waals surface area contributed by atoms with Gasteiger partial charge in [-0.1, -0.05) is 18.2 Å². The van der Waals surface area contributed by atoms with Gasteiger partial charge >= 0.3 is 5.69 Å². The average molecular weight is 371 g/mol. The molecule has 0 aliphatic heterocycles. The fourth-order valence-corrected chi connectivity index (χ4v) is 2.49. The Morgan fingerprint density at radius 3 is 2.48 bits per heavy atom. The van der Waals surface area contributed by atoms with Gasteiger partial charge in [0.05, 0.1) is 4.92 Å². The lowest BCUT2D eigenvalue weighted by Crippen LogP contribution is -2.30. The SMILES string of the molecule is CCN(CC)C(=O)c1cccc(NC(=O)COc2ccccc2[N+](=O)[O-])c1. The number of nitro benzene ring substituents is 1. The summed E-state index contributed by atoms with van der Waals surface area (Å²) in [6, 6.07) is 12.4. The fourth-order valence-electron chi connectivity index (χ4n) is 2.49. The Labute approximate surface area is 156 Å². The molecule has 0 saturated heterocycles. The number of anilines is 1. The highest BCUT2D eigenvalue weighted by molar-refractivity contribution is 5.97. The Bertz CT molecular complexity index is 834. The molecule has 0 heterocycles. The Morgan fingerprint density at radius 2 is 1.81 bits per heavy atom. The van der Waals surface area contributed by atoms with Crippen molar-refractivity contribution >= 4 is 23.2 Å². The summed E-state index contributed by atoms with van der Waals surface area (Å²) in [5.41, 5.74) is 0.706. The van der Waals surface area contributed by atoms with Crippen LogP contribution in [0.15, 0.2) is 48.5 Å². The molecule has 0 atom stereocenters. The van der Waals surface area contributed by atoms with E-state index in [-0.39, 0.29) is 24.0 Å². The topological polar surface area (TPSA) is 102 Å². The van der Waals surface area contributed by atoms with E-state index in [9.17, 15) is 19.7 Å². The quantitative estimate of drug-likeness (QED) is 0.567. The van der Waals surface area contributed by atoms with Crippen LogP contribution in [0.4, 0.5) is 11.4 Å². The number of hydrogen-bond donors (Lipinski definition) is 1. The number of carbonyl (C=O) groups is 2. The Kier molecular flexibility index (Phi) is 6.87. The molecule has 142 valence electrons. The minimum absolute atomic E-state index is 0.0168. The number of nitro groups is 1. The molecule has 1 N–H and O–H groups in total. The Hall–Kier alpha value is -3.42. The fraction of sp³-hybridized carbons (Fsp3) is 0.263. The largest absolute Gasteiger partial charge is 0.477 e. The molecule has 0 aromatic heterocycles. The first-order chi connectivity index (χ1) is 13.0. The van der Waals surface area contributed by atoms with Crippen LogP contribution >= 0.6 is 0 Å². The molecule has 27 heavy (non-hydrogen) atoms. The molecule has 0 unspecified atom stereocenters. The minimum Gasteiger partial charge on any atom is -0.477 e. The second kappa shape index (κ2) is 9.33. The molecule has 0 saturated carbocycles. The summed E-state index contributed by atoms with van der Waals surface area (Å²) in [5, 5.41) is 13.6. The van der Waals surface area contributed by atoms with Crippen molar-refractivity contribution in [3.05, 3.63) is 64.2 Å². The van der Waals surface area contributed by atoms with E-state index in [1.54, 1.807) is 35.2 Å². The van der Waals surface area contributed by atoms with Crippen molar-refractivity contribution in [3.8, 4) is 5.75 Å². The van der Waals surface area contributed by atoms with Crippen molar-refractivity contribution < 1.29 is 19.2 Å². The van der Waals surface area contributed by atoms with E-state index in [0.29, 0.717) is 24.3 Å². The lowest BCUT2D eigenvalue weighted by molar-refractivity contribution is -0.385. The van der Waals surface area contributed by atoms with Crippen LogP contribution in [0.2, 0.25) is 0 Å². The van der Waals surface area contributed by atoms with Crippen LogP contribution in [0.5, 0.6) is 5.75 Å². The first-order valence-electron chi connectivity index (χ1n) is 8.51. The van der Waals surface area contributed by atoms with Crippen molar-refractivity contribution in [2.24, 2.45) is 0 Å². The second-order valence-corrected chi connectivity index (χ2v) is 5.62. The van der Waals surface area contributed by atoms with Crippen molar-refractivity contribution in [2.75, 3.05) is 25.0 Å². The summed E-state index contributed by atoms with van der Waals surface area (Å²) < 4.78 is 5.25. The molecule has 2 amide bonds. The number of benzene rings is 2. The smallest absolute Gasteiger partial charge is 0.310 e. The molecule has 2 rings (SSSR count). The lowest BCUT2D eigenvalue weighted by atomic mass is 10.1. The summed E-state index contributed by atoms with van der Waals surface area (Å²) >= 11 is 0. The molecule has 0 spiro atoms. The minimum atomic E-state index is -0.574. The van der Waals surface area contributed by atoms with Crippen LogP contribution in [-0.2, 0) is 4.79 Å². The van der Waals surface area contributed by atoms with Crippen LogP contribution in [0, 0.1) is 10.1 Å². The maximum absolute atomic E-state index is 12.4. The van der Waals surface area contributed by atoms with Crippen LogP contribution in [0.25, 0.3) is 0 Å². The van der Waals surface area contributed by atoms with E-state index in [4.69, 9.17) is 4.74 Å². The monoisotopic (exact) mass is 371 g/mol. The number of hydrogen-bond acceptors (Lipinski definition) is 5. The van der Waals surface area contributed by atoms with Crippen LogP contribution in [-0.4, -0.2) is 41.3 Å². The van der Waals surface area contributed by atoms with Crippen molar-refractivity contribution in [1.29, 1.82) is 0 Å². The molecule has 8 nitrogen and oxygen atoms in total. The third-order valence-corrected chi connectivity index (χ3v) is 3.86. The van der Waals surface area contributed by atoms with E-state index in [1.165, 1.54) is 18.2 Å².